The number of phenols is 1. The molecule has 0 radical (unpaired) electrons. The number of nitrogens with one attached hydrogen (secondary N) is 2. The smallest absolute Gasteiger partial charge is 0.315 e. The molecule has 0 spiro atoms. The Labute approximate surface area is 75.6 Å². The van der Waals surface area contributed by atoms with Crippen LogP contribution in [0.4, 0.5) is 4.79 Å². The Morgan fingerprint density at radius 3 is 2.77 bits per heavy atom. The maximum Gasteiger partial charge on any atom is 0.315 e. The second kappa shape index (κ2) is 2.97. The van der Waals surface area contributed by atoms with Gasteiger partial charge in [0.05, 0.1) is 6.04 Å². The number of hydrogen-bond acceptors (Lipinski definition) is 2. The Morgan fingerprint density at radius 1 is 1.38 bits per heavy atom. The van der Waals surface area contributed by atoms with Gasteiger partial charge in [-0.2, -0.15) is 0 Å². The average Bonchev–Trinajstić information content (AvgIpc) is 2.53. The van der Waals surface area contributed by atoms with Crippen molar-refractivity contribution in [2.75, 3.05) is 6.54 Å². The number of carbonyl (C=O) groups excluding carboxylic acids is 1. The Bertz CT molecular complexity index is 338. The van der Waals surface area contributed by atoms with E-state index >= 15 is 0 Å². The monoisotopic (exact) mass is 178 g/mol. The molecule has 4 nitrogen and oxygen atoms in total. The molecular weight excluding hydrogens is 168 g/mol. The summed E-state index contributed by atoms with van der Waals surface area (Å²) in [5.74, 6) is 0.219. The van der Waals surface area contributed by atoms with Gasteiger partial charge in [0.2, 0.25) is 0 Å². The van der Waals surface area contributed by atoms with Crippen molar-refractivity contribution >= 4 is 6.03 Å². The van der Waals surface area contributed by atoms with Gasteiger partial charge in [0.25, 0.3) is 0 Å². The summed E-state index contributed by atoms with van der Waals surface area (Å²) in [6, 6.07) is 6.69. The standard InChI is InChI=1S/C9H10N2O2/c12-8-4-2-1-3-6(8)7-5-10-9(13)11-7/h1-4,7,12H,5H2,(H2,10,11,13). The van der Waals surface area contributed by atoms with Crippen molar-refractivity contribution in [1.82, 2.24) is 10.6 Å². The topological polar surface area (TPSA) is 61.4 Å². The lowest BCUT2D eigenvalue weighted by Crippen LogP contribution is -2.21. The van der Waals surface area contributed by atoms with E-state index < -0.39 is 0 Å². The minimum atomic E-state index is -0.187. The minimum Gasteiger partial charge on any atom is -0.508 e. The fourth-order valence-corrected chi connectivity index (χ4v) is 1.42. The number of para-hydroxylation sites is 1. The molecule has 0 bridgehead atoms. The van der Waals surface area contributed by atoms with E-state index in [4.69, 9.17) is 0 Å². The van der Waals surface area contributed by atoms with Crippen molar-refractivity contribution in [3.05, 3.63) is 29.8 Å². The van der Waals surface area contributed by atoms with Crippen LogP contribution in [0.2, 0.25) is 0 Å². The fraction of sp³-hybridized carbons (Fsp3) is 0.222. The molecule has 1 aromatic rings. The van der Waals surface area contributed by atoms with Crippen LogP contribution in [0.15, 0.2) is 24.3 Å². The lowest BCUT2D eigenvalue weighted by atomic mass is 10.1. The second-order valence-corrected chi connectivity index (χ2v) is 2.97. The van der Waals surface area contributed by atoms with Gasteiger partial charge in [0.15, 0.2) is 0 Å². The zero-order valence-corrected chi connectivity index (χ0v) is 6.95. The Morgan fingerprint density at radius 2 is 2.15 bits per heavy atom. The van der Waals surface area contributed by atoms with Gasteiger partial charge in [0, 0.05) is 12.1 Å². The van der Waals surface area contributed by atoms with E-state index in [2.05, 4.69) is 10.6 Å². The van der Waals surface area contributed by atoms with Crippen LogP contribution in [0, 0.1) is 0 Å². The minimum absolute atomic E-state index is 0.117. The van der Waals surface area contributed by atoms with Crippen molar-refractivity contribution in [3.8, 4) is 5.75 Å². The van der Waals surface area contributed by atoms with E-state index in [9.17, 15) is 9.90 Å². The van der Waals surface area contributed by atoms with E-state index in [0.29, 0.717) is 6.54 Å². The number of benzene rings is 1. The molecule has 2 amide bonds. The van der Waals surface area contributed by atoms with Gasteiger partial charge in [0.1, 0.15) is 5.75 Å². The van der Waals surface area contributed by atoms with E-state index in [1.807, 2.05) is 6.07 Å². The first kappa shape index (κ1) is 7.91. The van der Waals surface area contributed by atoms with Crippen molar-refractivity contribution in [3.63, 3.8) is 0 Å². The molecule has 0 aliphatic carbocycles. The molecule has 1 aliphatic rings. The summed E-state index contributed by atoms with van der Waals surface area (Å²) in [7, 11) is 0. The van der Waals surface area contributed by atoms with Crippen molar-refractivity contribution in [1.29, 1.82) is 0 Å². The van der Waals surface area contributed by atoms with Crippen molar-refractivity contribution in [2.24, 2.45) is 0 Å². The lowest BCUT2D eigenvalue weighted by Gasteiger charge is -2.09. The zero-order chi connectivity index (χ0) is 9.26. The van der Waals surface area contributed by atoms with Crippen LogP contribution in [-0.4, -0.2) is 17.7 Å². The number of rotatable bonds is 1. The zero-order valence-electron chi connectivity index (χ0n) is 6.95. The number of urea groups is 1. The third-order valence-electron chi connectivity index (χ3n) is 2.08. The summed E-state index contributed by atoms with van der Waals surface area (Å²) >= 11 is 0. The van der Waals surface area contributed by atoms with E-state index in [-0.39, 0.29) is 17.8 Å². The molecule has 1 aliphatic heterocycles. The fourth-order valence-electron chi connectivity index (χ4n) is 1.42. The molecule has 3 N–H and O–H groups in total. The summed E-state index contributed by atoms with van der Waals surface area (Å²) in [5.41, 5.74) is 0.751. The first-order chi connectivity index (χ1) is 6.27. The van der Waals surface area contributed by atoms with Gasteiger partial charge < -0.3 is 15.7 Å². The van der Waals surface area contributed by atoms with Crippen LogP contribution < -0.4 is 10.6 Å². The van der Waals surface area contributed by atoms with Gasteiger partial charge in [-0.05, 0) is 6.07 Å². The van der Waals surface area contributed by atoms with Gasteiger partial charge in [-0.1, -0.05) is 18.2 Å². The molecule has 1 fully saturated rings. The lowest BCUT2D eigenvalue weighted by molar-refractivity contribution is 0.247. The molecule has 13 heavy (non-hydrogen) atoms. The van der Waals surface area contributed by atoms with Crippen LogP contribution in [0.5, 0.6) is 5.75 Å². The SMILES string of the molecule is O=C1NCC(c2ccccc2O)N1. The van der Waals surface area contributed by atoms with Gasteiger partial charge in [-0.3, -0.25) is 0 Å². The van der Waals surface area contributed by atoms with Gasteiger partial charge in [-0.15, -0.1) is 0 Å². The molecule has 1 heterocycles. The van der Waals surface area contributed by atoms with Crippen LogP contribution in [-0.2, 0) is 0 Å². The number of phenolic OH excluding ortho intramolecular Hbond substituents is 1. The van der Waals surface area contributed by atoms with Crippen LogP contribution in [0.3, 0.4) is 0 Å². The molecule has 0 aromatic heterocycles. The van der Waals surface area contributed by atoms with E-state index in [0.717, 1.165) is 5.56 Å². The van der Waals surface area contributed by atoms with Gasteiger partial charge in [-0.25, -0.2) is 4.79 Å². The first-order valence-electron chi connectivity index (χ1n) is 4.09. The number of carbonyl (C=O) groups is 1. The number of hydrogen-bond donors (Lipinski definition) is 3. The molecule has 1 unspecified atom stereocenters. The summed E-state index contributed by atoms with van der Waals surface area (Å²) in [6.45, 7) is 0.524. The van der Waals surface area contributed by atoms with Crippen molar-refractivity contribution < 1.29 is 9.90 Å². The summed E-state index contributed by atoms with van der Waals surface area (Å²) in [6.07, 6.45) is 0. The normalized spacial score (nSPS) is 20.9. The van der Waals surface area contributed by atoms with Crippen LogP contribution >= 0.6 is 0 Å². The molecule has 2 rings (SSSR count). The number of amides is 2. The summed E-state index contributed by atoms with van der Waals surface area (Å²) in [5, 5.41) is 14.8. The quantitative estimate of drug-likeness (QED) is 0.594. The molecule has 1 atom stereocenters. The highest BCUT2D eigenvalue weighted by Crippen LogP contribution is 2.24. The van der Waals surface area contributed by atoms with Crippen LogP contribution in [0.25, 0.3) is 0 Å². The van der Waals surface area contributed by atoms with Gasteiger partial charge >= 0.3 is 6.03 Å². The number of aromatic hydroxyl groups is 1. The average molecular weight is 178 g/mol. The van der Waals surface area contributed by atoms with Crippen molar-refractivity contribution in [2.45, 2.75) is 6.04 Å². The Kier molecular flexibility index (Phi) is 1.81. The first-order valence-corrected chi connectivity index (χ1v) is 4.09. The molecule has 1 aromatic carbocycles. The third kappa shape index (κ3) is 1.42. The molecular formula is C9H10N2O2. The highest BCUT2D eigenvalue weighted by Gasteiger charge is 2.23. The molecule has 4 heteroatoms. The van der Waals surface area contributed by atoms with E-state index in [1.165, 1.54) is 0 Å². The predicted octanol–water partition coefficient (Wildman–Crippen LogP) is 0.746. The second-order valence-electron chi connectivity index (χ2n) is 2.97. The highest BCUT2D eigenvalue weighted by molar-refractivity contribution is 5.77. The Hall–Kier alpha value is -1.71. The highest BCUT2D eigenvalue weighted by atomic mass is 16.3. The molecule has 1 saturated heterocycles. The maximum atomic E-state index is 10.8. The van der Waals surface area contributed by atoms with E-state index in [1.54, 1.807) is 18.2 Å². The molecule has 68 valence electrons. The Balaban J connectivity index is 2.26. The largest absolute Gasteiger partial charge is 0.508 e. The molecule has 0 saturated carbocycles. The summed E-state index contributed by atoms with van der Waals surface area (Å²) < 4.78 is 0. The van der Waals surface area contributed by atoms with Crippen LogP contribution in [0.1, 0.15) is 11.6 Å². The third-order valence-corrected chi connectivity index (χ3v) is 2.08. The maximum absolute atomic E-state index is 10.8. The predicted molar refractivity (Wildman–Crippen MR) is 47.4 cm³/mol. The summed E-state index contributed by atoms with van der Waals surface area (Å²) in [4.78, 5) is 10.8.